The van der Waals surface area contributed by atoms with Gasteiger partial charge < -0.3 is 9.47 Å². The van der Waals surface area contributed by atoms with Crippen LogP contribution in [0.5, 0.6) is 5.75 Å². The number of nitrogens with zero attached hydrogens (tertiary/aromatic N) is 5. The lowest BCUT2D eigenvalue weighted by Gasteiger charge is -2.06. The van der Waals surface area contributed by atoms with E-state index in [4.69, 9.17) is 4.74 Å². The fourth-order valence-electron chi connectivity index (χ4n) is 2.13. The number of methoxy groups -OCH3 is 1. The van der Waals surface area contributed by atoms with Gasteiger partial charge in [-0.2, -0.15) is 10.2 Å². The molecule has 30 heavy (non-hydrogen) atoms. The van der Waals surface area contributed by atoms with Crippen LogP contribution in [0, 0.1) is 10.1 Å². The second-order valence-electron chi connectivity index (χ2n) is 5.58. The van der Waals surface area contributed by atoms with Crippen molar-refractivity contribution in [2.24, 2.45) is 10.2 Å². The Bertz CT molecular complexity index is 1080. The summed E-state index contributed by atoms with van der Waals surface area (Å²) in [7, 11) is 1.22. The molecule has 1 aliphatic heterocycles. The Kier molecular flexibility index (Phi) is 6.54. The van der Waals surface area contributed by atoms with Gasteiger partial charge in [-0.25, -0.2) is 9.48 Å². The van der Waals surface area contributed by atoms with Crippen molar-refractivity contribution >= 4 is 40.7 Å². The van der Waals surface area contributed by atoms with E-state index >= 15 is 0 Å². The summed E-state index contributed by atoms with van der Waals surface area (Å²) in [5.74, 6) is -0.607. The number of esters is 1. The molecule has 12 nitrogen and oxygen atoms in total. The highest BCUT2D eigenvalue weighted by atomic mass is 32.2. The van der Waals surface area contributed by atoms with Crippen molar-refractivity contribution in [3.8, 4) is 5.75 Å². The number of rotatable bonds is 7. The summed E-state index contributed by atoms with van der Waals surface area (Å²) in [5.41, 5.74) is 0.544. The zero-order chi connectivity index (χ0) is 21.5. The molecule has 0 saturated carbocycles. The Morgan fingerprint density at radius 2 is 2.30 bits per heavy atom. The van der Waals surface area contributed by atoms with Gasteiger partial charge in [0.15, 0.2) is 11.9 Å². The Hall–Kier alpha value is -4.00. The molecule has 1 amide bonds. The summed E-state index contributed by atoms with van der Waals surface area (Å²) >= 11 is 0.964. The van der Waals surface area contributed by atoms with Crippen LogP contribution < -0.4 is 10.1 Å². The molecule has 13 heteroatoms. The van der Waals surface area contributed by atoms with Crippen molar-refractivity contribution in [1.29, 1.82) is 0 Å². The van der Waals surface area contributed by atoms with Crippen LogP contribution in [0.1, 0.15) is 5.56 Å². The standard InChI is InChI=1S/C17H14N6O6S/c1-28-15(24)6-14-16(25)20-17(30-14)21-18-7-11-3-2-4-13(5-11)29-10-22-9-12(8-19-22)23(26)27/h2-9H,10H2,1H3,(H,20,21,25)/b14-6+,18-7?. The van der Waals surface area contributed by atoms with Crippen molar-refractivity contribution in [3.05, 3.63) is 63.3 Å². The highest BCUT2D eigenvalue weighted by molar-refractivity contribution is 8.18. The SMILES string of the molecule is COC(=O)/C=C1/S/C(=N\N=Cc2cccc(OCn3cc([N+](=O)[O-])cn3)c2)NC1=O. The summed E-state index contributed by atoms with van der Waals surface area (Å²) < 4.78 is 11.3. The van der Waals surface area contributed by atoms with Crippen LogP contribution in [0.3, 0.4) is 0 Å². The third kappa shape index (κ3) is 5.51. The minimum atomic E-state index is -0.640. The van der Waals surface area contributed by atoms with Gasteiger partial charge in [0.25, 0.3) is 5.91 Å². The number of amides is 1. The molecular weight excluding hydrogens is 416 g/mol. The van der Waals surface area contributed by atoms with Crippen LogP contribution in [-0.4, -0.2) is 45.1 Å². The minimum absolute atomic E-state index is 0.00524. The first kappa shape index (κ1) is 20.7. The normalized spacial score (nSPS) is 16.2. The Morgan fingerprint density at radius 3 is 3.03 bits per heavy atom. The largest absolute Gasteiger partial charge is 0.471 e. The molecular formula is C17H14N6O6S. The Balaban J connectivity index is 1.59. The lowest BCUT2D eigenvalue weighted by molar-refractivity contribution is -0.385. The third-order valence-electron chi connectivity index (χ3n) is 3.51. The fraction of sp³-hybridized carbons (Fsp3) is 0.118. The van der Waals surface area contributed by atoms with Gasteiger partial charge >= 0.3 is 11.7 Å². The molecule has 0 radical (unpaired) electrons. The van der Waals surface area contributed by atoms with E-state index in [2.05, 4.69) is 25.4 Å². The maximum absolute atomic E-state index is 11.7. The molecule has 0 aliphatic carbocycles. The summed E-state index contributed by atoms with van der Waals surface area (Å²) in [6.07, 6.45) is 4.92. The van der Waals surface area contributed by atoms with Gasteiger partial charge in [0.1, 0.15) is 18.1 Å². The van der Waals surface area contributed by atoms with E-state index in [0.29, 0.717) is 11.3 Å². The van der Waals surface area contributed by atoms with Gasteiger partial charge in [0.05, 0.1) is 23.2 Å². The third-order valence-corrected chi connectivity index (χ3v) is 4.41. The molecule has 1 aromatic heterocycles. The van der Waals surface area contributed by atoms with E-state index in [1.54, 1.807) is 24.3 Å². The van der Waals surface area contributed by atoms with Crippen molar-refractivity contribution in [2.45, 2.75) is 6.73 Å². The van der Waals surface area contributed by atoms with Crippen molar-refractivity contribution in [3.63, 3.8) is 0 Å². The van der Waals surface area contributed by atoms with E-state index in [1.807, 2.05) is 0 Å². The number of benzene rings is 1. The number of aromatic nitrogens is 2. The van der Waals surface area contributed by atoms with Crippen LogP contribution >= 0.6 is 11.8 Å². The van der Waals surface area contributed by atoms with Gasteiger partial charge in [-0.05, 0) is 29.5 Å². The number of amidine groups is 1. The molecule has 2 aromatic rings. The second kappa shape index (κ2) is 9.47. The predicted octanol–water partition coefficient (Wildman–Crippen LogP) is 1.44. The van der Waals surface area contributed by atoms with Gasteiger partial charge in [0.2, 0.25) is 0 Å². The lowest BCUT2D eigenvalue weighted by atomic mass is 10.2. The molecule has 154 valence electrons. The van der Waals surface area contributed by atoms with E-state index in [1.165, 1.54) is 24.2 Å². The van der Waals surface area contributed by atoms with Crippen LogP contribution in [0.15, 0.2) is 57.8 Å². The van der Waals surface area contributed by atoms with Crippen LogP contribution in [0.4, 0.5) is 5.69 Å². The maximum Gasteiger partial charge on any atom is 0.331 e. The van der Waals surface area contributed by atoms with Gasteiger partial charge in [-0.1, -0.05) is 12.1 Å². The average Bonchev–Trinajstić information content (AvgIpc) is 3.34. The second-order valence-corrected chi connectivity index (χ2v) is 6.61. The van der Waals surface area contributed by atoms with E-state index in [-0.39, 0.29) is 22.5 Å². The van der Waals surface area contributed by atoms with Crippen molar-refractivity contribution in [1.82, 2.24) is 15.1 Å². The van der Waals surface area contributed by atoms with Gasteiger partial charge in [0, 0.05) is 6.08 Å². The summed E-state index contributed by atoms with van der Waals surface area (Å²) in [4.78, 5) is 33.2. The molecule has 0 unspecified atom stereocenters. The summed E-state index contributed by atoms with van der Waals surface area (Å²) in [6.45, 7) is -0.00524. The van der Waals surface area contributed by atoms with E-state index in [9.17, 15) is 19.7 Å². The number of thioether (sulfide) groups is 1. The molecule has 0 atom stereocenters. The van der Waals surface area contributed by atoms with Crippen LogP contribution in [0.2, 0.25) is 0 Å². The minimum Gasteiger partial charge on any atom is -0.471 e. The number of hydrogen-bond acceptors (Lipinski definition) is 10. The predicted molar refractivity (Wildman–Crippen MR) is 107 cm³/mol. The molecule has 1 fully saturated rings. The molecule has 0 bridgehead atoms. The summed E-state index contributed by atoms with van der Waals surface area (Å²) in [6, 6.07) is 6.89. The first-order chi connectivity index (χ1) is 14.4. The van der Waals surface area contributed by atoms with E-state index < -0.39 is 16.8 Å². The highest BCUT2D eigenvalue weighted by Gasteiger charge is 2.24. The zero-order valence-corrected chi connectivity index (χ0v) is 16.2. The number of carbonyl (C=O) groups excluding carboxylic acids is 2. The quantitative estimate of drug-likeness (QED) is 0.228. The molecule has 1 N–H and O–H groups in total. The summed E-state index contributed by atoms with van der Waals surface area (Å²) in [5, 5.41) is 25.0. The number of nitrogens with one attached hydrogen (secondary N) is 1. The van der Waals surface area contributed by atoms with Crippen molar-refractivity contribution in [2.75, 3.05) is 7.11 Å². The molecule has 3 rings (SSSR count). The topological polar surface area (TPSA) is 150 Å². The zero-order valence-electron chi connectivity index (χ0n) is 15.4. The molecule has 0 spiro atoms. The number of nitro groups is 1. The molecule has 1 aliphatic rings. The first-order valence-electron chi connectivity index (χ1n) is 8.24. The molecule has 1 aromatic carbocycles. The first-order valence-corrected chi connectivity index (χ1v) is 9.06. The fourth-order valence-corrected chi connectivity index (χ4v) is 2.87. The van der Waals surface area contributed by atoms with Crippen LogP contribution in [0.25, 0.3) is 0 Å². The maximum atomic E-state index is 11.7. The van der Waals surface area contributed by atoms with Gasteiger partial charge in [-0.3, -0.25) is 20.2 Å². The monoisotopic (exact) mass is 430 g/mol. The number of carbonyl (C=O) groups is 2. The van der Waals surface area contributed by atoms with Crippen LogP contribution in [-0.2, 0) is 21.1 Å². The van der Waals surface area contributed by atoms with Crippen molar-refractivity contribution < 1.29 is 24.0 Å². The Morgan fingerprint density at radius 1 is 1.47 bits per heavy atom. The smallest absolute Gasteiger partial charge is 0.331 e. The van der Waals surface area contributed by atoms with Gasteiger partial charge in [-0.15, -0.1) is 5.10 Å². The Labute approximate surface area is 173 Å². The molecule has 2 heterocycles. The van der Waals surface area contributed by atoms with E-state index in [0.717, 1.165) is 24.0 Å². The highest BCUT2D eigenvalue weighted by Crippen LogP contribution is 2.23. The average molecular weight is 430 g/mol. The molecule has 1 saturated heterocycles. The lowest BCUT2D eigenvalue weighted by Crippen LogP contribution is -2.19. The number of ether oxygens (including phenoxy) is 2. The number of hydrogen-bond donors (Lipinski definition) is 1.